The molecule has 0 aliphatic carbocycles. The van der Waals surface area contributed by atoms with Crippen molar-refractivity contribution < 1.29 is 4.74 Å². The number of aromatic nitrogens is 2. The van der Waals surface area contributed by atoms with E-state index in [-0.39, 0.29) is 0 Å². The lowest BCUT2D eigenvalue weighted by molar-refractivity contribution is 0.407. The van der Waals surface area contributed by atoms with Crippen molar-refractivity contribution in [1.29, 1.82) is 0 Å². The van der Waals surface area contributed by atoms with Gasteiger partial charge in [0, 0.05) is 17.5 Å². The first-order chi connectivity index (χ1) is 9.81. The Balaban J connectivity index is 2.01. The molecule has 0 aliphatic rings. The number of benzene rings is 2. The van der Waals surface area contributed by atoms with E-state index in [1.54, 1.807) is 7.11 Å². The summed E-state index contributed by atoms with van der Waals surface area (Å²) in [4.78, 5) is 0. The predicted molar refractivity (Wildman–Crippen MR) is 79.7 cm³/mol. The lowest BCUT2D eigenvalue weighted by atomic mass is 10.1. The van der Waals surface area contributed by atoms with Gasteiger partial charge in [0.05, 0.1) is 25.4 Å². The molecule has 0 radical (unpaired) electrons. The van der Waals surface area contributed by atoms with Gasteiger partial charge in [-0.25, -0.2) is 0 Å². The Bertz CT molecular complexity index is 733. The van der Waals surface area contributed by atoms with E-state index in [9.17, 15) is 0 Å². The standard InChI is InChI=1S/C16H17N3O/c1-20-16-7-6-12(9-17)8-14(16)11-19-15-5-3-2-4-13(15)10-18-19/h2-8,10H,9,11,17H2,1H3. The molecule has 2 aromatic carbocycles. The molecule has 20 heavy (non-hydrogen) atoms. The highest BCUT2D eigenvalue weighted by Crippen LogP contribution is 2.22. The summed E-state index contributed by atoms with van der Waals surface area (Å²) in [5, 5.41) is 5.59. The van der Waals surface area contributed by atoms with Gasteiger partial charge in [-0.3, -0.25) is 4.68 Å². The highest BCUT2D eigenvalue weighted by atomic mass is 16.5. The zero-order valence-electron chi connectivity index (χ0n) is 11.4. The van der Waals surface area contributed by atoms with Gasteiger partial charge in [-0.1, -0.05) is 24.3 Å². The number of fused-ring (bicyclic) bond motifs is 1. The third-order valence-corrected chi connectivity index (χ3v) is 3.45. The van der Waals surface area contributed by atoms with Crippen molar-refractivity contribution >= 4 is 10.9 Å². The molecule has 3 aromatic rings. The van der Waals surface area contributed by atoms with Crippen LogP contribution in [0.1, 0.15) is 11.1 Å². The van der Waals surface area contributed by atoms with Crippen LogP contribution in [0.25, 0.3) is 10.9 Å². The number of nitrogens with two attached hydrogens (primary N) is 1. The molecule has 1 aromatic heterocycles. The van der Waals surface area contributed by atoms with Crippen LogP contribution >= 0.6 is 0 Å². The smallest absolute Gasteiger partial charge is 0.123 e. The molecule has 0 amide bonds. The average Bonchev–Trinajstić information content (AvgIpc) is 2.90. The SMILES string of the molecule is COc1ccc(CN)cc1Cn1ncc2ccccc21. The maximum Gasteiger partial charge on any atom is 0.123 e. The van der Waals surface area contributed by atoms with Crippen LogP contribution in [-0.4, -0.2) is 16.9 Å². The van der Waals surface area contributed by atoms with Gasteiger partial charge >= 0.3 is 0 Å². The maximum atomic E-state index is 5.71. The quantitative estimate of drug-likeness (QED) is 0.790. The Morgan fingerprint density at radius 2 is 2.05 bits per heavy atom. The molecule has 0 aliphatic heterocycles. The van der Waals surface area contributed by atoms with Crippen molar-refractivity contribution in [3.63, 3.8) is 0 Å². The molecule has 0 bridgehead atoms. The zero-order valence-corrected chi connectivity index (χ0v) is 11.4. The normalized spacial score (nSPS) is 10.9. The van der Waals surface area contributed by atoms with Gasteiger partial charge < -0.3 is 10.5 Å². The summed E-state index contributed by atoms with van der Waals surface area (Å²) < 4.78 is 7.40. The molecule has 2 N–H and O–H groups in total. The molecular formula is C16H17N3O. The fraction of sp³-hybridized carbons (Fsp3) is 0.188. The van der Waals surface area contributed by atoms with Gasteiger partial charge in [0.15, 0.2) is 0 Å². The number of hydrogen-bond acceptors (Lipinski definition) is 3. The summed E-state index contributed by atoms with van der Waals surface area (Å²) in [5.41, 5.74) is 9.01. The zero-order chi connectivity index (χ0) is 13.9. The van der Waals surface area contributed by atoms with Crippen molar-refractivity contribution in [2.75, 3.05) is 7.11 Å². The summed E-state index contributed by atoms with van der Waals surface area (Å²) in [7, 11) is 1.68. The summed E-state index contributed by atoms with van der Waals surface area (Å²) in [5.74, 6) is 0.863. The predicted octanol–water partition coefficient (Wildman–Crippen LogP) is 2.55. The lowest BCUT2D eigenvalue weighted by Crippen LogP contribution is -2.05. The van der Waals surface area contributed by atoms with Crippen LogP contribution in [-0.2, 0) is 13.1 Å². The summed E-state index contributed by atoms with van der Waals surface area (Å²) in [6, 6.07) is 14.2. The van der Waals surface area contributed by atoms with Crippen molar-refractivity contribution in [2.24, 2.45) is 5.73 Å². The molecular weight excluding hydrogens is 250 g/mol. The molecule has 102 valence electrons. The molecule has 4 heteroatoms. The molecule has 0 spiro atoms. The second-order valence-corrected chi connectivity index (χ2v) is 4.71. The first-order valence-corrected chi connectivity index (χ1v) is 6.58. The average molecular weight is 267 g/mol. The number of ether oxygens (including phenoxy) is 1. The van der Waals surface area contributed by atoms with Crippen LogP contribution in [0.4, 0.5) is 0 Å². The van der Waals surface area contributed by atoms with E-state index in [2.05, 4.69) is 23.3 Å². The van der Waals surface area contributed by atoms with Crippen molar-refractivity contribution in [2.45, 2.75) is 13.1 Å². The highest BCUT2D eigenvalue weighted by Gasteiger charge is 2.08. The van der Waals surface area contributed by atoms with Crippen molar-refractivity contribution in [3.05, 3.63) is 59.8 Å². The fourth-order valence-electron chi connectivity index (χ4n) is 2.40. The van der Waals surface area contributed by atoms with Crippen LogP contribution in [0.5, 0.6) is 5.75 Å². The van der Waals surface area contributed by atoms with E-state index in [0.717, 1.165) is 27.8 Å². The van der Waals surface area contributed by atoms with E-state index < -0.39 is 0 Å². The summed E-state index contributed by atoms with van der Waals surface area (Å²) in [6.45, 7) is 1.20. The van der Waals surface area contributed by atoms with E-state index in [1.807, 2.05) is 35.1 Å². The molecule has 0 saturated carbocycles. The molecule has 4 nitrogen and oxygen atoms in total. The Morgan fingerprint density at radius 1 is 1.20 bits per heavy atom. The Labute approximate surface area is 117 Å². The van der Waals surface area contributed by atoms with Crippen molar-refractivity contribution in [1.82, 2.24) is 9.78 Å². The largest absolute Gasteiger partial charge is 0.496 e. The maximum absolute atomic E-state index is 5.71. The molecule has 0 unspecified atom stereocenters. The number of nitrogens with zero attached hydrogens (tertiary/aromatic N) is 2. The van der Waals surface area contributed by atoms with E-state index >= 15 is 0 Å². The van der Waals surface area contributed by atoms with Gasteiger partial charge in [-0.05, 0) is 23.8 Å². The summed E-state index contributed by atoms with van der Waals surface area (Å²) in [6.07, 6.45) is 1.88. The Morgan fingerprint density at radius 3 is 2.85 bits per heavy atom. The van der Waals surface area contributed by atoms with Gasteiger partial charge in [-0.15, -0.1) is 0 Å². The fourth-order valence-corrected chi connectivity index (χ4v) is 2.40. The molecule has 1 heterocycles. The second-order valence-electron chi connectivity index (χ2n) is 4.71. The molecule has 0 saturated heterocycles. The molecule has 0 fully saturated rings. The number of para-hydroxylation sites is 1. The lowest BCUT2D eigenvalue weighted by Gasteiger charge is -2.11. The van der Waals surface area contributed by atoms with Crippen LogP contribution in [0.15, 0.2) is 48.7 Å². The minimum Gasteiger partial charge on any atom is -0.496 e. The van der Waals surface area contributed by atoms with Gasteiger partial charge in [0.1, 0.15) is 5.75 Å². The van der Waals surface area contributed by atoms with E-state index in [1.165, 1.54) is 0 Å². The number of hydrogen-bond donors (Lipinski definition) is 1. The third-order valence-electron chi connectivity index (χ3n) is 3.45. The molecule has 3 rings (SSSR count). The minimum atomic E-state index is 0.525. The Kier molecular flexibility index (Phi) is 3.39. The monoisotopic (exact) mass is 267 g/mol. The Hall–Kier alpha value is -2.33. The first kappa shape index (κ1) is 12.7. The number of rotatable bonds is 4. The van der Waals surface area contributed by atoms with E-state index in [0.29, 0.717) is 13.1 Å². The van der Waals surface area contributed by atoms with Crippen molar-refractivity contribution in [3.8, 4) is 5.75 Å². The molecule has 0 atom stereocenters. The van der Waals surface area contributed by atoms with Gasteiger partial charge in [-0.2, -0.15) is 5.10 Å². The summed E-state index contributed by atoms with van der Waals surface area (Å²) >= 11 is 0. The topological polar surface area (TPSA) is 53.1 Å². The van der Waals surface area contributed by atoms with Crippen LogP contribution in [0, 0.1) is 0 Å². The van der Waals surface area contributed by atoms with Crippen LogP contribution < -0.4 is 10.5 Å². The van der Waals surface area contributed by atoms with Gasteiger partial charge in [0.25, 0.3) is 0 Å². The van der Waals surface area contributed by atoms with E-state index in [4.69, 9.17) is 10.5 Å². The highest BCUT2D eigenvalue weighted by molar-refractivity contribution is 5.78. The first-order valence-electron chi connectivity index (χ1n) is 6.58. The third kappa shape index (κ3) is 2.26. The van der Waals surface area contributed by atoms with Gasteiger partial charge in [0.2, 0.25) is 0 Å². The number of methoxy groups -OCH3 is 1. The van der Waals surface area contributed by atoms with Crippen LogP contribution in [0.2, 0.25) is 0 Å². The minimum absolute atomic E-state index is 0.525. The van der Waals surface area contributed by atoms with Crippen LogP contribution in [0.3, 0.4) is 0 Å². The second kappa shape index (κ2) is 5.35.